The topological polar surface area (TPSA) is 46.2 Å². The van der Waals surface area contributed by atoms with Crippen LogP contribution in [-0.2, 0) is 10.0 Å². The number of halogens is 1. The van der Waals surface area contributed by atoms with E-state index in [2.05, 4.69) is 20.7 Å². The largest absolute Gasteiger partial charge is 0.240 e. The highest BCUT2D eigenvalue weighted by atomic mass is 79.9. The van der Waals surface area contributed by atoms with E-state index in [1.165, 1.54) is 7.05 Å². The van der Waals surface area contributed by atoms with Crippen molar-refractivity contribution >= 4 is 36.7 Å². The lowest BCUT2D eigenvalue weighted by molar-refractivity contribution is 0.589. The molecule has 0 heterocycles. The van der Waals surface area contributed by atoms with E-state index >= 15 is 0 Å². The Kier molecular flexibility index (Phi) is 3.01. The Morgan fingerprint density at radius 2 is 1.69 bits per heavy atom. The maximum absolute atomic E-state index is 11.8. The summed E-state index contributed by atoms with van der Waals surface area (Å²) in [4.78, 5) is 0.300. The van der Waals surface area contributed by atoms with Crippen LogP contribution in [0.5, 0.6) is 0 Å². The van der Waals surface area contributed by atoms with Crippen molar-refractivity contribution in [2.75, 3.05) is 7.05 Å². The molecule has 0 saturated carbocycles. The number of hydrogen-bond donors (Lipinski definition) is 1. The highest BCUT2D eigenvalue weighted by Gasteiger charge is 2.15. The van der Waals surface area contributed by atoms with E-state index in [4.69, 9.17) is 0 Å². The molecule has 0 aromatic heterocycles. The molecule has 3 nitrogen and oxygen atoms in total. The number of nitrogens with one attached hydrogen (secondary N) is 1. The van der Waals surface area contributed by atoms with Gasteiger partial charge in [-0.1, -0.05) is 40.2 Å². The van der Waals surface area contributed by atoms with Gasteiger partial charge in [0.1, 0.15) is 0 Å². The molecule has 0 aliphatic carbocycles. The summed E-state index contributed by atoms with van der Waals surface area (Å²) in [5.41, 5.74) is 0. The highest BCUT2D eigenvalue weighted by molar-refractivity contribution is 9.10. The normalized spacial score (nSPS) is 11.9. The predicted molar refractivity (Wildman–Crippen MR) is 67.9 cm³/mol. The number of sulfonamides is 1. The molecule has 0 bridgehead atoms. The van der Waals surface area contributed by atoms with E-state index in [-0.39, 0.29) is 0 Å². The zero-order chi connectivity index (χ0) is 11.8. The van der Waals surface area contributed by atoms with Gasteiger partial charge in [-0.2, -0.15) is 0 Å². The number of rotatable bonds is 2. The Morgan fingerprint density at radius 3 is 2.31 bits per heavy atom. The Morgan fingerprint density at radius 1 is 1.06 bits per heavy atom. The summed E-state index contributed by atoms with van der Waals surface area (Å²) < 4.78 is 26.8. The second kappa shape index (κ2) is 4.16. The summed E-state index contributed by atoms with van der Waals surface area (Å²) in [6.45, 7) is 0. The molecule has 16 heavy (non-hydrogen) atoms. The summed E-state index contributed by atoms with van der Waals surface area (Å²) in [6, 6.07) is 10.7. The summed E-state index contributed by atoms with van der Waals surface area (Å²) in [5.74, 6) is 0. The van der Waals surface area contributed by atoms with Crippen LogP contribution in [-0.4, -0.2) is 15.5 Å². The van der Waals surface area contributed by atoms with Crippen LogP contribution in [0, 0.1) is 0 Å². The molecule has 0 saturated heterocycles. The van der Waals surface area contributed by atoms with Gasteiger partial charge in [0.2, 0.25) is 10.0 Å². The van der Waals surface area contributed by atoms with Crippen molar-refractivity contribution in [1.29, 1.82) is 0 Å². The highest BCUT2D eigenvalue weighted by Crippen LogP contribution is 2.29. The molecule has 2 aromatic rings. The van der Waals surface area contributed by atoms with E-state index < -0.39 is 10.0 Å². The molecular weight excluding hydrogens is 290 g/mol. The van der Waals surface area contributed by atoms with Gasteiger partial charge in [-0.05, 0) is 24.6 Å². The fourth-order valence-electron chi connectivity index (χ4n) is 1.58. The third kappa shape index (κ3) is 1.86. The van der Waals surface area contributed by atoms with Crippen molar-refractivity contribution in [2.24, 2.45) is 0 Å². The van der Waals surface area contributed by atoms with Crippen molar-refractivity contribution < 1.29 is 8.42 Å². The molecule has 2 rings (SSSR count). The van der Waals surface area contributed by atoms with Crippen LogP contribution in [0.3, 0.4) is 0 Å². The second-order valence-electron chi connectivity index (χ2n) is 3.30. The van der Waals surface area contributed by atoms with Gasteiger partial charge in [-0.3, -0.25) is 0 Å². The average Bonchev–Trinajstić information content (AvgIpc) is 2.29. The first kappa shape index (κ1) is 11.6. The van der Waals surface area contributed by atoms with Gasteiger partial charge >= 0.3 is 0 Å². The van der Waals surface area contributed by atoms with E-state index in [1.807, 2.05) is 18.2 Å². The molecule has 0 atom stereocenters. The van der Waals surface area contributed by atoms with Crippen LogP contribution in [0.1, 0.15) is 0 Å². The average molecular weight is 300 g/mol. The molecule has 0 spiro atoms. The quantitative estimate of drug-likeness (QED) is 0.926. The Labute approximate surface area is 103 Å². The minimum absolute atomic E-state index is 0.300. The molecule has 0 amide bonds. The molecule has 0 fully saturated rings. The van der Waals surface area contributed by atoms with Crippen LogP contribution < -0.4 is 4.72 Å². The first-order valence-corrected chi connectivity index (χ1v) is 6.94. The molecule has 0 aliphatic rings. The minimum Gasteiger partial charge on any atom is -0.214 e. The standard InChI is InChI=1S/C11H10BrNO2S/c1-13-16(14,15)11-7-6-10(12)8-4-2-3-5-9(8)11/h2-7,13H,1H3. The van der Waals surface area contributed by atoms with Crippen molar-refractivity contribution in [3.8, 4) is 0 Å². The number of benzene rings is 2. The lowest BCUT2D eigenvalue weighted by Gasteiger charge is -2.08. The number of fused-ring (bicyclic) bond motifs is 1. The third-order valence-electron chi connectivity index (χ3n) is 2.39. The maximum Gasteiger partial charge on any atom is 0.240 e. The summed E-state index contributed by atoms with van der Waals surface area (Å²) >= 11 is 3.40. The van der Waals surface area contributed by atoms with Crippen molar-refractivity contribution in [3.05, 3.63) is 40.9 Å². The van der Waals surface area contributed by atoms with E-state index in [0.29, 0.717) is 10.3 Å². The van der Waals surface area contributed by atoms with Crippen LogP contribution in [0.2, 0.25) is 0 Å². The van der Waals surface area contributed by atoms with Crippen LogP contribution in [0.4, 0.5) is 0 Å². The fourth-order valence-corrected chi connectivity index (χ4v) is 2.99. The monoisotopic (exact) mass is 299 g/mol. The molecule has 0 radical (unpaired) electrons. The zero-order valence-electron chi connectivity index (χ0n) is 8.57. The molecule has 5 heteroatoms. The first-order valence-electron chi connectivity index (χ1n) is 4.67. The zero-order valence-corrected chi connectivity index (χ0v) is 11.0. The lowest BCUT2D eigenvalue weighted by atomic mass is 10.1. The van der Waals surface area contributed by atoms with Crippen LogP contribution in [0.25, 0.3) is 10.8 Å². The molecular formula is C11H10BrNO2S. The van der Waals surface area contributed by atoms with Crippen molar-refractivity contribution in [2.45, 2.75) is 4.90 Å². The second-order valence-corrected chi connectivity index (χ2v) is 6.01. The Balaban J connectivity index is 2.88. The summed E-state index contributed by atoms with van der Waals surface area (Å²) in [7, 11) is -2.00. The summed E-state index contributed by atoms with van der Waals surface area (Å²) in [5, 5.41) is 1.60. The number of hydrogen-bond acceptors (Lipinski definition) is 2. The molecule has 0 unspecified atom stereocenters. The van der Waals surface area contributed by atoms with Crippen molar-refractivity contribution in [1.82, 2.24) is 4.72 Å². The van der Waals surface area contributed by atoms with Gasteiger partial charge in [0.05, 0.1) is 4.90 Å². The van der Waals surface area contributed by atoms with Gasteiger partial charge < -0.3 is 0 Å². The molecule has 84 valence electrons. The molecule has 1 N–H and O–H groups in total. The van der Waals surface area contributed by atoms with E-state index in [9.17, 15) is 8.42 Å². The minimum atomic E-state index is -3.41. The molecule has 2 aromatic carbocycles. The Bertz CT molecular complexity index is 637. The van der Waals surface area contributed by atoms with Gasteiger partial charge in [0.25, 0.3) is 0 Å². The predicted octanol–water partition coefficient (Wildman–Crippen LogP) is 2.51. The van der Waals surface area contributed by atoms with Gasteiger partial charge in [0.15, 0.2) is 0 Å². The van der Waals surface area contributed by atoms with Crippen molar-refractivity contribution in [3.63, 3.8) is 0 Å². The Hall–Kier alpha value is -0.910. The van der Waals surface area contributed by atoms with Crippen LogP contribution in [0.15, 0.2) is 45.8 Å². The first-order chi connectivity index (χ1) is 7.56. The van der Waals surface area contributed by atoms with Gasteiger partial charge in [-0.15, -0.1) is 0 Å². The summed E-state index contributed by atoms with van der Waals surface area (Å²) in [6.07, 6.45) is 0. The van der Waals surface area contributed by atoms with E-state index in [1.54, 1.807) is 18.2 Å². The maximum atomic E-state index is 11.8. The van der Waals surface area contributed by atoms with E-state index in [0.717, 1.165) is 9.86 Å². The van der Waals surface area contributed by atoms with Crippen LogP contribution >= 0.6 is 15.9 Å². The SMILES string of the molecule is CNS(=O)(=O)c1ccc(Br)c2ccccc12. The smallest absolute Gasteiger partial charge is 0.214 e. The fraction of sp³-hybridized carbons (Fsp3) is 0.0909. The van der Waals surface area contributed by atoms with Gasteiger partial charge in [0, 0.05) is 9.86 Å². The molecule has 0 aliphatic heterocycles. The third-order valence-corrected chi connectivity index (χ3v) is 4.55. The lowest BCUT2D eigenvalue weighted by Crippen LogP contribution is -2.18. The van der Waals surface area contributed by atoms with Gasteiger partial charge in [-0.25, -0.2) is 13.1 Å².